The van der Waals surface area contributed by atoms with Crippen LogP contribution in [0.25, 0.3) is 0 Å². The molecule has 0 aliphatic rings. The molecule has 6 nitrogen and oxygen atoms in total. The lowest BCUT2D eigenvalue weighted by molar-refractivity contribution is 0.152. The number of hydrazone groups is 1. The molecule has 0 bridgehead atoms. The number of hydrogen-bond acceptors (Lipinski definition) is 4. The summed E-state index contributed by atoms with van der Waals surface area (Å²) in [7, 11) is 0. The van der Waals surface area contributed by atoms with Gasteiger partial charge in [-0.25, -0.2) is 10.2 Å². The van der Waals surface area contributed by atoms with Crippen LogP contribution in [0.4, 0.5) is 4.79 Å². The highest BCUT2D eigenvalue weighted by Crippen LogP contribution is 2.26. The van der Waals surface area contributed by atoms with Gasteiger partial charge >= 0.3 is 6.09 Å². The number of hydrogen-bond donors (Lipinski definition) is 1. The fourth-order valence-electron chi connectivity index (χ4n) is 2.20. The Hall–Kier alpha value is -2.05. The molecule has 0 fully saturated rings. The van der Waals surface area contributed by atoms with Gasteiger partial charge in [0.15, 0.2) is 0 Å². The number of aromatic nitrogens is 2. The van der Waals surface area contributed by atoms with Gasteiger partial charge in [0.2, 0.25) is 0 Å². The van der Waals surface area contributed by atoms with E-state index in [0.717, 1.165) is 22.5 Å². The van der Waals surface area contributed by atoms with Crippen molar-refractivity contribution in [3.05, 3.63) is 50.8 Å². The van der Waals surface area contributed by atoms with Crippen LogP contribution in [0.5, 0.6) is 0 Å². The lowest BCUT2D eigenvalue weighted by atomic mass is 10.2. The molecule has 8 heteroatoms. The zero-order valence-electron chi connectivity index (χ0n) is 13.6. The minimum absolute atomic E-state index is 0.288. The number of nitrogens with one attached hydrogen (secondary N) is 1. The first kappa shape index (κ1) is 18.3. The Labute approximate surface area is 150 Å². The lowest BCUT2D eigenvalue weighted by Gasteiger charge is -2.08. The number of nitrogens with zero attached hydrogens (tertiary/aromatic N) is 3. The number of carbonyl (C=O) groups excluding carboxylic acids is 1. The van der Waals surface area contributed by atoms with Crippen molar-refractivity contribution in [2.45, 2.75) is 27.3 Å². The maximum Gasteiger partial charge on any atom is 0.427 e. The predicted molar refractivity (Wildman–Crippen MR) is 95.0 cm³/mol. The Kier molecular flexibility index (Phi) is 6.23. The average Bonchev–Trinajstić information content (AvgIpc) is 2.79. The summed E-state index contributed by atoms with van der Waals surface area (Å²) in [6.07, 6.45) is 0.943. The van der Waals surface area contributed by atoms with Crippen LogP contribution in [0.2, 0.25) is 10.0 Å². The van der Waals surface area contributed by atoms with Crippen molar-refractivity contribution >= 4 is 35.5 Å². The maximum absolute atomic E-state index is 11.2. The van der Waals surface area contributed by atoms with E-state index in [0.29, 0.717) is 16.6 Å². The minimum Gasteiger partial charge on any atom is -0.449 e. The van der Waals surface area contributed by atoms with Crippen LogP contribution in [-0.4, -0.2) is 28.7 Å². The van der Waals surface area contributed by atoms with E-state index in [1.807, 2.05) is 13.8 Å². The third-order valence-corrected chi connectivity index (χ3v) is 4.14. The first-order valence-electron chi connectivity index (χ1n) is 7.36. The van der Waals surface area contributed by atoms with Crippen LogP contribution >= 0.6 is 23.2 Å². The molecular formula is C16H18Cl2N4O2. The second kappa shape index (κ2) is 8.17. The van der Waals surface area contributed by atoms with Crippen molar-refractivity contribution in [2.24, 2.45) is 5.10 Å². The highest BCUT2D eigenvalue weighted by Gasteiger charge is 2.13. The number of carbonyl (C=O) groups is 1. The molecule has 0 atom stereocenters. The molecule has 2 aromatic rings. The van der Waals surface area contributed by atoms with Crippen molar-refractivity contribution in [3.8, 4) is 0 Å². The van der Waals surface area contributed by atoms with Crippen molar-refractivity contribution in [1.82, 2.24) is 15.2 Å². The highest BCUT2D eigenvalue weighted by atomic mass is 35.5. The summed E-state index contributed by atoms with van der Waals surface area (Å²) in [5.41, 5.74) is 5.58. The van der Waals surface area contributed by atoms with Crippen LogP contribution in [-0.2, 0) is 11.3 Å². The summed E-state index contributed by atoms with van der Waals surface area (Å²) < 4.78 is 6.54. The van der Waals surface area contributed by atoms with Crippen LogP contribution < -0.4 is 5.43 Å². The van der Waals surface area contributed by atoms with E-state index in [9.17, 15) is 4.79 Å². The van der Waals surface area contributed by atoms with Gasteiger partial charge < -0.3 is 4.74 Å². The average molecular weight is 369 g/mol. The number of aryl methyl sites for hydroxylation is 1. The van der Waals surface area contributed by atoms with Crippen molar-refractivity contribution in [3.63, 3.8) is 0 Å². The summed E-state index contributed by atoms with van der Waals surface area (Å²) in [6.45, 7) is 6.24. The third-order valence-electron chi connectivity index (χ3n) is 3.43. The summed E-state index contributed by atoms with van der Waals surface area (Å²) >= 11 is 12.4. The molecule has 0 unspecified atom stereocenters. The summed E-state index contributed by atoms with van der Waals surface area (Å²) in [5.74, 6) is 0. The Bertz CT molecular complexity index is 751. The van der Waals surface area contributed by atoms with Gasteiger partial charge in [0.1, 0.15) is 0 Å². The van der Waals surface area contributed by atoms with Crippen molar-refractivity contribution < 1.29 is 9.53 Å². The fourth-order valence-corrected chi connectivity index (χ4v) is 2.71. The van der Waals surface area contributed by atoms with E-state index in [1.54, 1.807) is 36.0 Å². The predicted octanol–water partition coefficient (Wildman–Crippen LogP) is 3.94. The van der Waals surface area contributed by atoms with E-state index < -0.39 is 6.09 Å². The van der Waals surface area contributed by atoms with Crippen molar-refractivity contribution in [2.75, 3.05) is 6.61 Å². The SMILES string of the molecule is CCOC(=O)N/N=C\c1c(C)nn(Cc2c(Cl)cccc2Cl)c1C. The molecule has 1 aromatic carbocycles. The highest BCUT2D eigenvalue weighted by molar-refractivity contribution is 6.35. The van der Waals surface area contributed by atoms with Gasteiger partial charge in [-0.2, -0.15) is 10.2 Å². The molecule has 0 aliphatic heterocycles. The molecular weight excluding hydrogens is 351 g/mol. The molecule has 0 saturated carbocycles. The summed E-state index contributed by atoms with van der Waals surface area (Å²) in [4.78, 5) is 11.2. The third kappa shape index (κ3) is 4.27. The van der Waals surface area contributed by atoms with Crippen LogP contribution in [0.15, 0.2) is 23.3 Å². The van der Waals surface area contributed by atoms with Crippen LogP contribution in [0.3, 0.4) is 0 Å². The first-order valence-corrected chi connectivity index (χ1v) is 8.12. The molecule has 0 saturated heterocycles. The van der Waals surface area contributed by atoms with Crippen molar-refractivity contribution in [1.29, 1.82) is 0 Å². The van der Waals surface area contributed by atoms with Gasteiger partial charge in [-0.15, -0.1) is 0 Å². The van der Waals surface area contributed by atoms with E-state index >= 15 is 0 Å². The van der Waals surface area contributed by atoms with Crippen LogP contribution in [0.1, 0.15) is 29.4 Å². The Morgan fingerprint density at radius 1 is 1.38 bits per heavy atom. The van der Waals surface area contributed by atoms with Gasteiger partial charge in [-0.1, -0.05) is 29.3 Å². The number of ether oxygens (including phenoxy) is 1. The summed E-state index contributed by atoms with van der Waals surface area (Å²) in [6, 6.07) is 5.38. The molecule has 2 rings (SSSR count). The minimum atomic E-state index is -0.598. The molecule has 0 aliphatic carbocycles. The van der Waals surface area contributed by atoms with E-state index in [1.165, 1.54) is 0 Å². The van der Waals surface area contributed by atoms with E-state index in [-0.39, 0.29) is 6.61 Å². The molecule has 128 valence electrons. The second-order valence-electron chi connectivity index (χ2n) is 5.03. The Morgan fingerprint density at radius 2 is 2.04 bits per heavy atom. The molecule has 0 radical (unpaired) electrons. The molecule has 0 spiro atoms. The second-order valence-corrected chi connectivity index (χ2v) is 5.85. The van der Waals surface area contributed by atoms with Gasteiger partial charge in [-0.05, 0) is 32.9 Å². The monoisotopic (exact) mass is 368 g/mol. The van der Waals surface area contributed by atoms with Gasteiger partial charge in [0.05, 0.1) is 25.1 Å². The molecule has 1 amide bonds. The number of halogens is 2. The Balaban J connectivity index is 2.20. The molecule has 1 heterocycles. The maximum atomic E-state index is 11.2. The smallest absolute Gasteiger partial charge is 0.427 e. The molecule has 1 N–H and O–H groups in total. The number of rotatable bonds is 5. The lowest BCUT2D eigenvalue weighted by Crippen LogP contribution is -2.18. The van der Waals surface area contributed by atoms with Gasteiger partial charge in [0.25, 0.3) is 0 Å². The zero-order valence-corrected chi connectivity index (χ0v) is 15.1. The Morgan fingerprint density at radius 3 is 2.67 bits per heavy atom. The normalized spacial score (nSPS) is 11.0. The zero-order chi connectivity index (χ0) is 17.7. The van der Waals surface area contributed by atoms with Crippen LogP contribution in [0, 0.1) is 13.8 Å². The topological polar surface area (TPSA) is 68.5 Å². The summed E-state index contributed by atoms with van der Waals surface area (Å²) in [5, 5.41) is 9.55. The molecule has 24 heavy (non-hydrogen) atoms. The molecule has 1 aromatic heterocycles. The standard InChI is InChI=1S/C16H18Cl2N4O2/c1-4-24-16(23)20-19-8-12-10(2)21-22(11(12)3)9-13-14(17)6-5-7-15(13)18/h5-8H,4,9H2,1-3H3,(H,20,23)/b19-8-. The van der Waals surface area contributed by atoms with E-state index in [2.05, 4.69) is 15.6 Å². The number of benzene rings is 1. The van der Waals surface area contributed by atoms with E-state index in [4.69, 9.17) is 27.9 Å². The van der Waals surface area contributed by atoms with Gasteiger partial charge in [0, 0.05) is 26.9 Å². The first-order chi connectivity index (χ1) is 11.4. The fraction of sp³-hybridized carbons (Fsp3) is 0.312. The quantitative estimate of drug-likeness (QED) is 0.641. The number of amides is 1. The van der Waals surface area contributed by atoms with Gasteiger partial charge in [-0.3, -0.25) is 4.68 Å². The largest absolute Gasteiger partial charge is 0.449 e.